The first-order chi connectivity index (χ1) is 10.1. The van der Waals surface area contributed by atoms with E-state index in [2.05, 4.69) is 20.8 Å². The van der Waals surface area contributed by atoms with E-state index < -0.39 is 11.7 Å². The van der Waals surface area contributed by atoms with Crippen molar-refractivity contribution in [1.29, 1.82) is 0 Å². The Bertz CT molecular complexity index is 670. The van der Waals surface area contributed by atoms with Crippen molar-refractivity contribution in [2.45, 2.75) is 18.9 Å². The first kappa shape index (κ1) is 14.0. The van der Waals surface area contributed by atoms with Gasteiger partial charge in [-0.3, -0.25) is 10.1 Å². The monoisotopic (exact) mass is 310 g/mol. The molecule has 2 aromatic rings. The van der Waals surface area contributed by atoms with E-state index >= 15 is 0 Å². The van der Waals surface area contributed by atoms with Crippen LogP contribution in [0.4, 0.5) is 10.4 Å². The van der Waals surface area contributed by atoms with E-state index in [0.29, 0.717) is 5.89 Å². The topological polar surface area (TPSA) is 80.0 Å². The van der Waals surface area contributed by atoms with Gasteiger partial charge in [-0.25, -0.2) is 4.39 Å². The summed E-state index contributed by atoms with van der Waals surface area (Å²) in [5, 5.41) is 13.0. The molecular formula is C13H12ClFN4O2. The van der Waals surface area contributed by atoms with Crippen LogP contribution in [-0.4, -0.2) is 22.6 Å². The molecule has 0 saturated carbocycles. The van der Waals surface area contributed by atoms with E-state index in [1.807, 2.05) is 0 Å². The predicted molar refractivity (Wildman–Crippen MR) is 73.6 cm³/mol. The van der Waals surface area contributed by atoms with Crippen LogP contribution in [0.1, 0.15) is 35.1 Å². The van der Waals surface area contributed by atoms with Crippen molar-refractivity contribution in [3.63, 3.8) is 0 Å². The molecule has 0 bridgehead atoms. The third kappa shape index (κ3) is 2.88. The third-order valence-corrected chi connectivity index (χ3v) is 3.60. The number of carbonyl (C=O) groups is 1. The van der Waals surface area contributed by atoms with Gasteiger partial charge in [-0.1, -0.05) is 22.8 Å². The number of aromatic nitrogens is 2. The summed E-state index contributed by atoms with van der Waals surface area (Å²) in [6.45, 7) is 0.896. The van der Waals surface area contributed by atoms with Gasteiger partial charge < -0.3 is 9.73 Å². The fraction of sp³-hybridized carbons (Fsp3) is 0.308. The standard InChI is InChI=1S/C13H12ClFN4O2/c14-10-7(3-1-4-8(10)15)11(20)17-13-19-18-12(21-13)9-5-2-6-16-9/h1,3-4,9,16H,2,5-6H2,(H,17,19,20). The molecule has 1 saturated heterocycles. The lowest BCUT2D eigenvalue weighted by Gasteiger charge is -2.04. The molecule has 1 aromatic carbocycles. The molecule has 1 aliphatic rings. The van der Waals surface area contributed by atoms with Gasteiger partial charge in [0.1, 0.15) is 5.82 Å². The van der Waals surface area contributed by atoms with Gasteiger partial charge in [-0.2, -0.15) is 0 Å². The third-order valence-electron chi connectivity index (χ3n) is 3.22. The molecule has 2 heterocycles. The van der Waals surface area contributed by atoms with Crippen molar-refractivity contribution in [2.24, 2.45) is 0 Å². The van der Waals surface area contributed by atoms with Crippen LogP contribution in [0, 0.1) is 5.82 Å². The molecule has 110 valence electrons. The Balaban J connectivity index is 1.74. The van der Waals surface area contributed by atoms with Gasteiger partial charge in [0.05, 0.1) is 16.6 Å². The highest BCUT2D eigenvalue weighted by atomic mass is 35.5. The largest absolute Gasteiger partial charge is 0.406 e. The Morgan fingerprint density at radius 1 is 1.48 bits per heavy atom. The summed E-state index contributed by atoms with van der Waals surface area (Å²) in [4.78, 5) is 12.0. The Morgan fingerprint density at radius 2 is 2.33 bits per heavy atom. The van der Waals surface area contributed by atoms with Crippen LogP contribution < -0.4 is 10.6 Å². The minimum atomic E-state index is -0.661. The average molecular weight is 311 g/mol. The summed E-state index contributed by atoms with van der Waals surface area (Å²) in [5.41, 5.74) is 0.00964. The second-order valence-corrected chi connectivity index (χ2v) is 5.03. The van der Waals surface area contributed by atoms with Crippen molar-refractivity contribution in [3.8, 4) is 0 Å². The van der Waals surface area contributed by atoms with Crippen LogP contribution >= 0.6 is 11.6 Å². The number of halogens is 2. The molecule has 0 radical (unpaired) electrons. The Morgan fingerprint density at radius 3 is 3.10 bits per heavy atom. The number of benzene rings is 1. The number of hydrogen-bond donors (Lipinski definition) is 2. The summed E-state index contributed by atoms with van der Waals surface area (Å²) in [5.74, 6) is -0.840. The first-order valence-electron chi connectivity index (χ1n) is 6.47. The Kier molecular flexibility index (Phi) is 3.85. The highest BCUT2D eigenvalue weighted by molar-refractivity contribution is 6.34. The molecule has 3 rings (SSSR count). The van der Waals surface area contributed by atoms with E-state index in [1.54, 1.807) is 0 Å². The summed E-state index contributed by atoms with van der Waals surface area (Å²) >= 11 is 5.75. The molecule has 21 heavy (non-hydrogen) atoms. The molecule has 0 aliphatic carbocycles. The van der Waals surface area contributed by atoms with Crippen LogP contribution in [-0.2, 0) is 0 Å². The quantitative estimate of drug-likeness (QED) is 0.910. The predicted octanol–water partition coefficient (Wildman–Crippen LogP) is 2.54. The Labute approximate surface area is 124 Å². The molecule has 2 N–H and O–H groups in total. The van der Waals surface area contributed by atoms with Crippen molar-refractivity contribution in [3.05, 3.63) is 40.5 Å². The Hall–Kier alpha value is -1.99. The zero-order valence-electron chi connectivity index (χ0n) is 10.9. The summed E-state index contributed by atoms with van der Waals surface area (Å²) in [6.07, 6.45) is 1.94. The van der Waals surface area contributed by atoms with Crippen LogP contribution in [0.15, 0.2) is 22.6 Å². The molecule has 1 aliphatic heterocycles. The van der Waals surface area contributed by atoms with Gasteiger partial charge >= 0.3 is 6.01 Å². The molecule has 1 amide bonds. The first-order valence-corrected chi connectivity index (χ1v) is 6.85. The lowest BCUT2D eigenvalue weighted by molar-refractivity contribution is 0.102. The number of amides is 1. The van der Waals surface area contributed by atoms with E-state index in [0.717, 1.165) is 19.4 Å². The lowest BCUT2D eigenvalue weighted by Crippen LogP contribution is -2.13. The number of anilines is 1. The van der Waals surface area contributed by atoms with Gasteiger partial charge in [0.2, 0.25) is 5.89 Å². The van der Waals surface area contributed by atoms with Gasteiger partial charge in [-0.05, 0) is 31.5 Å². The molecule has 6 nitrogen and oxygen atoms in total. The smallest absolute Gasteiger partial charge is 0.322 e. The fourth-order valence-corrected chi connectivity index (χ4v) is 2.38. The number of carbonyl (C=O) groups excluding carboxylic acids is 1. The van der Waals surface area contributed by atoms with Gasteiger partial charge in [-0.15, -0.1) is 5.10 Å². The zero-order valence-corrected chi connectivity index (χ0v) is 11.7. The maximum absolute atomic E-state index is 13.3. The number of nitrogens with zero attached hydrogens (tertiary/aromatic N) is 2. The van der Waals surface area contributed by atoms with E-state index in [9.17, 15) is 9.18 Å². The van der Waals surface area contributed by atoms with Crippen LogP contribution in [0.2, 0.25) is 5.02 Å². The van der Waals surface area contributed by atoms with Crippen molar-refractivity contribution < 1.29 is 13.6 Å². The van der Waals surface area contributed by atoms with Crippen LogP contribution in [0.25, 0.3) is 0 Å². The van der Waals surface area contributed by atoms with Crippen LogP contribution in [0.5, 0.6) is 0 Å². The second kappa shape index (κ2) is 5.79. The number of hydrogen-bond acceptors (Lipinski definition) is 5. The SMILES string of the molecule is O=C(Nc1nnc(C2CCCN2)o1)c1cccc(F)c1Cl. The minimum Gasteiger partial charge on any atom is -0.406 e. The summed E-state index contributed by atoms with van der Waals surface area (Å²) in [7, 11) is 0. The van der Waals surface area contributed by atoms with Crippen LogP contribution in [0.3, 0.4) is 0 Å². The summed E-state index contributed by atoms with van der Waals surface area (Å²) < 4.78 is 18.7. The van der Waals surface area contributed by atoms with Gasteiger partial charge in [0.15, 0.2) is 0 Å². The highest BCUT2D eigenvalue weighted by Crippen LogP contribution is 2.24. The molecule has 8 heteroatoms. The second-order valence-electron chi connectivity index (χ2n) is 4.65. The van der Waals surface area contributed by atoms with E-state index in [1.165, 1.54) is 18.2 Å². The van der Waals surface area contributed by atoms with Crippen molar-refractivity contribution in [2.75, 3.05) is 11.9 Å². The molecule has 1 aromatic heterocycles. The molecule has 0 spiro atoms. The molecular weight excluding hydrogens is 299 g/mol. The minimum absolute atomic E-state index is 0.00964. The van der Waals surface area contributed by atoms with E-state index in [4.69, 9.17) is 16.0 Å². The van der Waals surface area contributed by atoms with Gasteiger partial charge in [0, 0.05) is 0 Å². The molecule has 1 atom stereocenters. The van der Waals surface area contributed by atoms with Crippen molar-refractivity contribution in [1.82, 2.24) is 15.5 Å². The molecule has 1 fully saturated rings. The number of rotatable bonds is 3. The highest BCUT2D eigenvalue weighted by Gasteiger charge is 2.23. The average Bonchev–Trinajstić information content (AvgIpc) is 3.12. The maximum atomic E-state index is 13.3. The van der Waals surface area contributed by atoms with Crippen molar-refractivity contribution >= 4 is 23.5 Å². The summed E-state index contributed by atoms with van der Waals surface area (Å²) in [6, 6.07) is 3.97. The normalized spacial score (nSPS) is 17.9. The zero-order chi connectivity index (χ0) is 14.8. The lowest BCUT2D eigenvalue weighted by atomic mass is 10.2. The molecule has 1 unspecified atom stereocenters. The van der Waals surface area contributed by atoms with Gasteiger partial charge in [0.25, 0.3) is 5.91 Å². The maximum Gasteiger partial charge on any atom is 0.322 e. The van der Waals surface area contributed by atoms with E-state index in [-0.39, 0.29) is 22.6 Å². The fourth-order valence-electron chi connectivity index (χ4n) is 2.16. The number of nitrogens with one attached hydrogen (secondary N) is 2.